The van der Waals surface area contributed by atoms with Gasteiger partial charge in [-0.05, 0) is 55.6 Å². The standard InChI is InChI=1S/C22H17F4N3O3/c1-27-21-19(32-21)18-11-15(8-9-28-18)31-14-5-3-13(4-6-14)29-20(30)16-10-12(22(24,25)26)2-7-17(16)23/h2-11,19,21,27H,1H3,(H,29,30). The first-order valence-corrected chi connectivity index (χ1v) is 9.49. The zero-order chi connectivity index (χ0) is 22.9. The third-order valence-corrected chi connectivity index (χ3v) is 4.71. The van der Waals surface area contributed by atoms with E-state index in [0.29, 0.717) is 35.4 Å². The van der Waals surface area contributed by atoms with E-state index in [2.05, 4.69) is 15.6 Å². The van der Waals surface area contributed by atoms with Gasteiger partial charge < -0.3 is 14.8 Å². The molecule has 1 fully saturated rings. The maximum atomic E-state index is 13.9. The van der Waals surface area contributed by atoms with Crippen LogP contribution in [-0.2, 0) is 10.9 Å². The summed E-state index contributed by atoms with van der Waals surface area (Å²) in [7, 11) is 1.78. The number of hydrogen-bond donors (Lipinski definition) is 2. The van der Waals surface area contributed by atoms with Crippen molar-refractivity contribution in [3.05, 3.63) is 83.4 Å². The first kappa shape index (κ1) is 21.7. The summed E-state index contributed by atoms with van der Waals surface area (Å²) in [5.74, 6) is -1.07. The van der Waals surface area contributed by atoms with Crippen LogP contribution < -0.4 is 15.4 Å². The molecule has 1 saturated heterocycles. The number of aromatic nitrogens is 1. The van der Waals surface area contributed by atoms with Crippen molar-refractivity contribution >= 4 is 11.6 Å². The van der Waals surface area contributed by atoms with Gasteiger partial charge in [-0.1, -0.05) is 0 Å². The molecule has 1 aliphatic heterocycles. The van der Waals surface area contributed by atoms with Crippen molar-refractivity contribution in [3.63, 3.8) is 0 Å². The van der Waals surface area contributed by atoms with Gasteiger partial charge in [0.2, 0.25) is 0 Å². The molecule has 32 heavy (non-hydrogen) atoms. The molecule has 0 bridgehead atoms. The Balaban J connectivity index is 1.43. The minimum Gasteiger partial charge on any atom is -0.457 e. The van der Waals surface area contributed by atoms with Crippen LogP contribution in [0.1, 0.15) is 27.7 Å². The fourth-order valence-electron chi connectivity index (χ4n) is 3.02. The number of epoxide rings is 1. The molecule has 2 atom stereocenters. The summed E-state index contributed by atoms with van der Waals surface area (Å²) in [5.41, 5.74) is -0.833. The van der Waals surface area contributed by atoms with Crippen molar-refractivity contribution in [1.82, 2.24) is 10.3 Å². The lowest BCUT2D eigenvalue weighted by Crippen LogP contribution is -2.16. The van der Waals surface area contributed by atoms with Gasteiger partial charge in [0.1, 0.15) is 29.6 Å². The Bertz CT molecular complexity index is 1140. The Morgan fingerprint density at radius 1 is 1.06 bits per heavy atom. The molecular weight excluding hydrogens is 430 g/mol. The molecule has 1 aromatic heterocycles. The number of rotatable bonds is 6. The van der Waals surface area contributed by atoms with E-state index in [1.54, 1.807) is 37.5 Å². The molecular formula is C22H17F4N3O3. The van der Waals surface area contributed by atoms with E-state index in [1.165, 1.54) is 12.1 Å². The Hall–Kier alpha value is -3.50. The zero-order valence-electron chi connectivity index (χ0n) is 16.6. The quantitative estimate of drug-likeness (QED) is 0.415. The maximum Gasteiger partial charge on any atom is 0.416 e. The predicted molar refractivity (Wildman–Crippen MR) is 107 cm³/mol. The lowest BCUT2D eigenvalue weighted by atomic mass is 10.1. The number of carbonyl (C=O) groups excluding carboxylic acids is 1. The molecule has 10 heteroatoms. The van der Waals surface area contributed by atoms with Crippen LogP contribution in [0.4, 0.5) is 23.2 Å². The molecule has 2 N–H and O–H groups in total. The van der Waals surface area contributed by atoms with Crippen molar-refractivity contribution in [3.8, 4) is 11.5 Å². The van der Waals surface area contributed by atoms with Crippen molar-refractivity contribution in [2.75, 3.05) is 12.4 Å². The van der Waals surface area contributed by atoms with Crippen LogP contribution in [0.5, 0.6) is 11.5 Å². The van der Waals surface area contributed by atoms with Crippen LogP contribution in [0.2, 0.25) is 0 Å². The molecule has 2 heterocycles. The van der Waals surface area contributed by atoms with Gasteiger partial charge in [-0.3, -0.25) is 15.1 Å². The molecule has 166 valence electrons. The molecule has 2 aromatic carbocycles. The molecule has 1 amide bonds. The second-order valence-electron chi connectivity index (χ2n) is 6.96. The van der Waals surface area contributed by atoms with E-state index < -0.39 is 29.0 Å². The minimum absolute atomic E-state index is 0.0812. The van der Waals surface area contributed by atoms with Crippen molar-refractivity contribution in [2.45, 2.75) is 18.5 Å². The van der Waals surface area contributed by atoms with Crippen LogP contribution in [0, 0.1) is 5.82 Å². The number of benzene rings is 2. The molecule has 1 aliphatic rings. The zero-order valence-corrected chi connectivity index (χ0v) is 16.6. The topological polar surface area (TPSA) is 75.8 Å². The van der Waals surface area contributed by atoms with E-state index >= 15 is 0 Å². The smallest absolute Gasteiger partial charge is 0.416 e. The summed E-state index contributed by atoms with van der Waals surface area (Å²) in [6.45, 7) is 0. The molecule has 0 saturated carbocycles. The van der Waals surface area contributed by atoms with Crippen LogP contribution in [-0.4, -0.2) is 24.2 Å². The average Bonchev–Trinajstić information content (AvgIpc) is 3.55. The number of pyridine rings is 1. The normalized spacial score (nSPS) is 17.7. The second-order valence-corrected chi connectivity index (χ2v) is 6.96. The number of amides is 1. The van der Waals surface area contributed by atoms with Gasteiger partial charge in [-0.15, -0.1) is 0 Å². The van der Waals surface area contributed by atoms with E-state index in [4.69, 9.17) is 9.47 Å². The van der Waals surface area contributed by atoms with Crippen molar-refractivity contribution < 1.29 is 31.8 Å². The number of nitrogens with one attached hydrogen (secondary N) is 2. The van der Waals surface area contributed by atoms with Crippen LogP contribution in [0.15, 0.2) is 60.8 Å². The first-order valence-electron chi connectivity index (χ1n) is 9.49. The van der Waals surface area contributed by atoms with E-state index in [9.17, 15) is 22.4 Å². The third-order valence-electron chi connectivity index (χ3n) is 4.71. The van der Waals surface area contributed by atoms with Gasteiger partial charge in [0.25, 0.3) is 5.91 Å². The second kappa shape index (κ2) is 8.56. The van der Waals surface area contributed by atoms with E-state index in [-0.39, 0.29) is 18.0 Å². The van der Waals surface area contributed by atoms with Crippen LogP contribution in [0.3, 0.4) is 0 Å². The fourth-order valence-corrected chi connectivity index (χ4v) is 3.02. The Labute approximate surface area is 180 Å². The van der Waals surface area contributed by atoms with Gasteiger partial charge >= 0.3 is 6.18 Å². The Morgan fingerprint density at radius 2 is 1.81 bits per heavy atom. The molecule has 3 aromatic rings. The third kappa shape index (κ3) is 4.87. The van der Waals surface area contributed by atoms with Crippen LogP contribution >= 0.6 is 0 Å². The predicted octanol–water partition coefficient (Wildman–Crippen LogP) is 4.90. The van der Waals surface area contributed by atoms with Crippen molar-refractivity contribution in [1.29, 1.82) is 0 Å². The Kier molecular flexibility index (Phi) is 5.81. The summed E-state index contributed by atoms with van der Waals surface area (Å²) < 4.78 is 63.6. The first-order chi connectivity index (χ1) is 15.2. The number of carbonyl (C=O) groups is 1. The van der Waals surface area contributed by atoms with Gasteiger partial charge in [0.15, 0.2) is 0 Å². The summed E-state index contributed by atoms with van der Waals surface area (Å²) in [6.07, 6.45) is -3.31. The SMILES string of the molecule is CNC1OC1c1cc(Oc2ccc(NC(=O)c3cc(C(F)(F)F)ccc3F)cc2)ccn1. The Morgan fingerprint density at radius 3 is 2.47 bits per heavy atom. The highest BCUT2D eigenvalue weighted by Gasteiger charge is 2.40. The summed E-state index contributed by atoms with van der Waals surface area (Å²) in [5, 5.41) is 5.36. The largest absolute Gasteiger partial charge is 0.457 e. The summed E-state index contributed by atoms with van der Waals surface area (Å²) in [6, 6.07) is 11.2. The van der Waals surface area contributed by atoms with E-state index in [0.717, 1.165) is 0 Å². The number of anilines is 1. The highest BCUT2D eigenvalue weighted by Crippen LogP contribution is 2.37. The number of hydrogen-bond acceptors (Lipinski definition) is 5. The van der Waals surface area contributed by atoms with Gasteiger partial charge in [0, 0.05) is 18.0 Å². The molecule has 2 unspecified atom stereocenters. The number of ether oxygens (including phenoxy) is 2. The molecule has 0 spiro atoms. The summed E-state index contributed by atoms with van der Waals surface area (Å²) in [4.78, 5) is 16.5. The molecule has 0 aliphatic carbocycles. The summed E-state index contributed by atoms with van der Waals surface area (Å²) >= 11 is 0. The molecule has 0 radical (unpaired) electrons. The lowest BCUT2D eigenvalue weighted by Gasteiger charge is -2.11. The van der Waals surface area contributed by atoms with E-state index in [1.807, 2.05) is 0 Å². The van der Waals surface area contributed by atoms with Crippen LogP contribution in [0.25, 0.3) is 0 Å². The monoisotopic (exact) mass is 447 g/mol. The maximum absolute atomic E-state index is 13.9. The van der Waals surface area contributed by atoms with Gasteiger partial charge in [-0.25, -0.2) is 4.39 Å². The lowest BCUT2D eigenvalue weighted by molar-refractivity contribution is -0.137. The average molecular weight is 447 g/mol. The van der Waals surface area contributed by atoms with Gasteiger partial charge in [-0.2, -0.15) is 13.2 Å². The number of nitrogens with zero attached hydrogens (tertiary/aromatic N) is 1. The highest BCUT2D eigenvalue weighted by molar-refractivity contribution is 6.04. The number of alkyl halides is 3. The minimum atomic E-state index is -4.69. The molecule has 4 rings (SSSR count). The number of halogens is 4. The van der Waals surface area contributed by atoms with Gasteiger partial charge in [0.05, 0.1) is 16.8 Å². The van der Waals surface area contributed by atoms with Crippen molar-refractivity contribution in [2.24, 2.45) is 0 Å². The molecule has 6 nitrogen and oxygen atoms in total. The fraction of sp³-hybridized carbons (Fsp3) is 0.182. The highest BCUT2D eigenvalue weighted by atomic mass is 19.4. The number of likely N-dealkylation sites (N-methyl/N-ethyl adjacent to an activating group) is 1.